The molecule has 0 unspecified atom stereocenters. The zero-order valence-electron chi connectivity index (χ0n) is 7.38. The summed E-state index contributed by atoms with van der Waals surface area (Å²) in [7, 11) is 0. The standard InChI is InChI=1S/C9H9N5/c10-6-1-2-12-7(3-6)8-4-14-9(11)5-13-8/h1-5H,(H2,10,12)(H2,11,14). The van der Waals surface area contributed by atoms with Crippen LogP contribution in [0, 0.1) is 0 Å². The lowest BCUT2D eigenvalue weighted by molar-refractivity contribution is 1.18. The highest BCUT2D eigenvalue weighted by Crippen LogP contribution is 2.15. The van der Waals surface area contributed by atoms with Crippen molar-refractivity contribution in [1.29, 1.82) is 0 Å². The van der Waals surface area contributed by atoms with Crippen LogP contribution >= 0.6 is 0 Å². The van der Waals surface area contributed by atoms with E-state index in [1.807, 2.05) is 0 Å². The Labute approximate surface area is 80.8 Å². The van der Waals surface area contributed by atoms with Gasteiger partial charge in [-0.15, -0.1) is 0 Å². The van der Waals surface area contributed by atoms with Crippen LogP contribution in [-0.2, 0) is 0 Å². The van der Waals surface area contributed by atoms with Gasteiger partial charge in [-0.05, 0) is 12.1 Å². The van der Waals surface area contributed by atoms with Crippen molar-refractivity contribution in [3.63, 3.8) is 0 Å². The van der Waals surface area contributed by atoms with Crippen molar-refractivity contribution in [2.45, 2.75) is 0 Å². The fourth-order valence-corrected chi connectivity index (χ4v) is 1.06. The molecular formula is C9H9N5. The van der Waals surface area contributed by atoms with Crippen LogP contribution in [0.4, 0.5) is 11.5 Å². The number of pyridine rings is 1. The van der Waals surface area contributed by atoms with E-state index in [1.165, 1.54) is 6.20 Å². The number of nitrogens with two attached hydrogens (primary N) is 2. The van der Waals surface area contributed by atoms with Gasteiger partial charge in [0, 0.05) is 11.9 Å². The molecule has 0 bridgehead atoms. The summed E-state index contributed by atoms with van der Waals surface area (Å²) in [5.41, 5.74) is 13.0. The van der Waals surface area contributed by atoms with E-state index < -0.39 is 0 Å². The number of nitrogens with zero attached hydrogens (tertiary/aromatic N) is 3. The zero-order valence-corrected chi connectivity index (χ0v) is 7.38. The minimum atomic E-state index is 0.387. The van der Waals surface area contributed by atoms with Gasteiger partial charge in [-0.25, -0.2) is 9.97 Å². The molecule has 2 aromatic rings. The van der Waals surface area contributed by atoms with Crippen LogP contribution < -0.4 is 11.5 Å². The third-order valence-electron chi connectivity index (χ3n) is 1.72. The van der Waals surface area contributed by atoms with Gasteiger partial charge >= 0.3 is 0 Å². The van der Waals surface area contributed by atoms with Crippen molar-refractivity contribution in [1.82, 2.24) is 15.0 Å². The molecule has 2 aromatic heterocycles. The maximum absolute atomic E-state index is 5.61. The van der Waals surface area contributed by atoms with Gasteiger partial charge < -0.3 is 11.5 Å². The molecule has 5 heteroatoms. The summed E-state index contributed by atoms with van der Waals surface area (Å²) in [4.78, 5) is 12.1. The van der Waals surface area contributed by atoms with Gasteiger partial charge in [-0.2, -0.15) is 0 Å². The second kappa shape index (κ2) is 3.29. The van der Waals surface area contributed by atoms with Crippen LogP contribution in [-0.4, -0.2) is 15.0 Å². The summed E-state index contributed by atoms with van der Waals surface area (Å²) < 4.78 is 0. The Hall–Kier alpha value is -2.17. The molecule has 0 aliphatic carbocycles. The van der Waals surface area contributed by atoms with Gasteiger partial charge in [0.1, 0.15) is 11.5 Å². The summed E-state index contributed by atoms with van der Waals surface area (Å²) in [5.74, 6) is 0.387. The fourth-order valence-electron chi connectivity index (χ4n) is 1.06. The maximum atomic E-state index is 5.61. The molecule has 0 atom stereocenters. The Bertz CT molecular complexity index is 437. The van der Waals surface area contributed by atoms with Gasteiger partial charge in [0.15, 0.2) is 0 Å². The van der Waals surface area contributed by atoms with Crippen molar-refractivity contribution in [2.75, 3.05) is 11.5 Å². The van der Waals surface area contributed by atoms with Crippen LogP contribution in [0.25, 0.3) is 11.4 Å². The number of anilines is 2. The minimum Gasteiger partial charge on any atom is -0.399 e. The zero-order chi connectivity index (χ0) is 9.97. The highest BCUT2D eigenvalue weighted by Gasteiger charge is 2.00. The van der Waals surface area contributed by atoms with E-state index in [1.54, 1.807) is 24.5 Å². The average Bonchev–Trinajstić information content (AvgIpc) is 2.19. The fraction of sp³-hybridized carbons (Fsp3) is 0. The first-order valence-corrected chi connectivity index (χ1v) is 4.05. The molecule has 70 valence electrons. The van der Waals surface area contributed by atoms with E-state index in [0.717, 1.165) is 0 Å². The van der Waals surface area contributed by atoms with E-state index in [0.29, 0.717) is 22.9 Å². The lowest BCUT2D eigenvalue weighted by Crippen LogP contribution is -1.94. The molecule has 0 fully saturated rings. The average molecular weight is 187 g/mol. The molecule has 0 aromatic carbocycles. The van der Waals surface area contributed by atoms with E-state index in [2.05, 4.69) is 15.0 Å². The van der Waals surface area contributed by atoms with Crippen LogP contribution in [0.2, 0.25) is 0 Å². The number of aromatic nitrogens is 3. The van der Waals surface area contributed by atoms with Crippen LogP contribution in [0.15, 0.2) is 30.7 Å². The molecule has 0 aliphatic heterocycles. The Morgan fingerprint density at radius 1 is 0.929 bits per heavy atom. The molecule has 5 nitrogen and oxygen atoms in total. The summed E-state index contributed by atoms with van der Waals surface area (Å²) in [6.45, 7) is 0. The van der Waals surface area contributed by atoms with E-state index in [-0.39, 0.29) is 0 Å². The highest BCUT2D eigenvalue weighted by atomic mass is 14.9. The third kappa shape index (κ3) is 1.61. The second-order valence-corrected chi connectivity index (χ2v) is 2.80. The predicted molar refractivity (Wildman–Crippen MR) is 54.1 cm³/mol. The Morgan fingerprint density at radius 2 is 1.79 bits per heavy atom. The maximum Gasteiger partial charge on any atom is 0.141 e. The Morgan fingerprint density at radius 3 is 2.43 bits per heavy atom. The van der Waals surface area contributed by atoms with Crippen molar-refractivity contribution in [2.24, 2.45) is 0 Å². The molecule has 14 heavy (non-hydrogen) atoms. The Balaban J connectivity index is 2.44. The van der Waals surface area contributed by atoms with Crippen molar-refractivity contribution >= 4 is 11.5 Å². The SMILES string of the molecule is Nc1ccnc(-c2cnc(N)cn2)c1. The number of hydrogen-bond acceptors (Lipinski definition) is 5. The largest absolute Gasteiger partial charge is 0.399 e. The van der Waals surface area contributed by atoms with Crippen LogP contribution in [0.1, 0.15) is 0 Å². The van der Waals surface area contributed by atoms with Crippen LogP contribution in [0.3, 0.4) is 0 Å². The normalized spacial score (nSPS) is 10.0. The second-order valence-electron chi connectivity index (χ2n) is 2.80. The number of nitrogen functional groups attached to an aromatic ring is 2. The molecule has 0 spiro atoms. The first-order chi connectivity index (χ1) is 6.75. The quantitative estimate of drug-likeness (QED) is 0.685. The molecule has 2 heterocycles. The van der Waals surface area contributed by atoms with Gasteiger partial charge in [0.25, 0.3) is 0 Å². The van der Waals surface area contributed by atoms with Crippen LogP contribution in [0.5, 0.6) is 0 Å². The van der Waals surface area contributed by atoms with Gasteiger partial charge in [-0.1, -0.05) is 0 Å². The summed E-state index contributed by atoms with van der Waals surface area (Å²) >= 11 is 0. The first-order valence-electron chi connectivity index (χ1n) is 4.05. The van der Waals surface area contributed by atoms with Gasteiger partial charge in [-0.3, -0.25) is 4.98 Å². The molecule has 2 rings (SSSR count). The topological polar surface area (TPSA) is 90.7 Å². The summed E-state index contributed by atoms with van der Waals surface area (Å²) in [5, 5.41) is 0. The molecule has 0 saturated heterocycles. The number of hydrogen-bond donors (Lipinski definition) is 2. The monoisotopic (exact) mass is 187 g/mol. The molecule has 0 saturated carbocycles. The van der Waals surface area contributed by atoms with Gasteiger partial charge in [0.05, 0.1) is 18.1 Å². The molecule has 4 N–H and O–H groups in total. The smallest absolute Gasteiger partial charge is 0.141 e. The minimum absolute atomic E-state index is 0.387. The third-order valence-corrected chi connectivity index (χ3v) is 1.72. The molecule has 0 aliphatic rings. The lowest BCUT2D eigenvalue weighted by Gasteiger charge is -2.00. The van der Waals surface area contributed by atoms with E-state index >= 15 is 0 Å². The molecule has 0 radical (unpaired) electrons. The lowest BCUT2D eigenvalue weighted by atomic mass is 10.2. The summed E-state index contributed by atoms with van der Waals surface area (Å²) in [6, 6.07) is 3.45. The van der Waals surface area contributed by atoms with Crippen molar-refractivity contribution in [3.8, 4) is 11.4 Å². The Kier molecular flexibility index (Phi) is 1.98. The predicted octanol–water partition coefficient (Wildman–Crippen LogP) is 0.703. The van der Waals surface area contributed by atoms with Crippen molar-refractivity contribution < 1.29 is 0 Å². The molecular weight excluding hydrogens is 178 g/mol. The van der Waals surface area contributed by atoms with E-state index in [9.17, 15) is 0 Å². The summed E-state index contributed by atoms with van der Waals surface area (Å²) in [6.07, 6.45) is 4.68. The highest BCUT2D eigenvalue weighted by molar-refractivity contribution is 5.58. The molecule has 0 amide bonds. The van der Waals surface area contributed by atoms with E-state index in [4.69, 9.17) is 11.5 Å². The van der Waals surface area contributed by atoms with Crippen molar-refractivity contribution in [3.05, 3.63) is 30.7 Å². The number of rotatable bonds is 1. The first kappa shape index (κ1) is 8.43. The van der Waals surface area contributed by atoms with Gasteiger partial charge in [0.2, 0.25) is 0 Å².